The van der Waals surface area contributed by atoms with Crippen LogP contribution < -0.4 is 0 Å². The molecule has 0 spiro atoms. The maximum absolute atomic E-state index is 6.39. The van der Waals surface area contributed by atoms with Crippen molar-refractivity contribution < 1.29 is 8.83 Å². The maximum Gasteiger partial charge on any atom is 0.226 e. The third kappa shape index (κ3) is 3.93. The number of hydrogen-bond donors (Lipinski definition) is 0. The van der Waals surface area contributed by atoms with Crippen LogP contribution in [-0.2, 0) is 5.41 Å². The standard InChI is InChI=1S/C33H30N2O2/c1-5-21(2)23-18-19-25(30-24-14-9-10-16-27(24)37-31(23)30)32-35-29(20-36-32)33(3,4)28-17-11-15-26(34-28)22-12-7-6-8-13-22/h6-21H,5H2,1-4H3. The monoisotopic (exact) mass is 486 g/mol. The number of aromatic nitrogens is 2. The highest BCUT2D eigenvalue weighted by molar-refractivity contribution is 6.12. The van der Waals surface area contributed by atoms with Crippen LogP contribution in [-0.4, -0.2) is 9.97 Å². The van der Waals surface area contributed by atoms with Crippen LogP contribution in [0.3, 0.4) is 0 Å². The van der Waals surface area contributed by atoms with E-state index in [1.807, 2.05) is 42.5 Å². The van der Waals surface area contributed by atoms with E-state index in [0.717, 1.165) is 56.6 Å². The van der Waals surface area contributed by atoms with Gasteiger partial charge in [0.25, 0.3) is 0 Å². The predicted octanol–water partition coefficient (Wildman–Crippen LogP) is 9.14. The largest absolute Gasteiger partial charge is 0.456 e. The summed E-state index contributed by atoms with van der Waals surface area (Å²) in [6, 6.07) is 28.9. The third-order valence-corrected chi connectivity index (χ3v) is 7.53. The molecule has 0 aliphatic rings. The molecule has 1 atom stereocenters. The number of benzene rings is 3. The van der Waals surface area contributed by atoms with E-state index < -0.39 is 5.41 Å². The van der Waals surface area contributed by atoms with E-state index in [-0.39, 0.29) is 0 Å². The molecule has 37 heavy (non-hydrogen) atoms. The first-order valence-corrected chi connectivity index (χ1v) is 12.9. The van der Waals surface area contributed by atoms with Gasteiger partial charge in [0, 0.05) is 21.9 Å². The van der Waals surface area contributed by atoms with Crippen molar-refractivity contribution >= 4 is 21.9 Å². The smallest absolute Gasteiger partial charge is 0.226 e. The zero-order chi connectivity index (χ0) is 25.6. The Kier molecular flexibility index (Phi) is 5.68. The quantitative estimate of drug-likeness (QED) is 0.235. The number of hydrogen-bond acceptors (Lipinski definition) is 4. The highest BCUT2D eigenvalue weighted by Gasteiger charge is 2.30. The van der Waals surface area contributed by atoms with Crippen LogP contribution in [0.5, 0.6) is 0 Å². The molecule has 0 N–H and O–H groups in total. The average molecular weight is 487 g/mol. The summed E-state index contributed by atoms with van der Waals surface area (Å²) in [6.45, 7) is 8.72. The van der Waals surface area contributed by atoms with Gasteiger partial charge in [0.15, 0.2) is 0 Å². The fourth-order valence-electron chi connectivity index (χ4n) is 5.00. The molecule has 3 heterocycles. The Balaban J connectivity index is 1.45. The number of furan rings is 1. The van der Waals surface area contributed by atoms with E-state index in [2.05, 4.69) is 70.2 Å². The van der Waals surface area contributed by atoms with Crippen molar-refractivity contribution in [3.05, 3.63) is 108 Å². The van der Waals surface area contributed by atoms with Crippen LogP contribution in [0, 0.1) is 0 Å². The van der Waals surface area contributed by atoms with Crippen LogP contribution in [0.1, 0.15) is 57.0 Å². The van der Waals surface area contributed by atoms with Gasteiger partial charge < -0.3 is 8.83 Å². The van der Waals surface area contributed by atoms with Gasteiger partial charge in [0.05, 0.1) is 22.5 Å². The van der Waals surface area contributed by atoms with Crippen LogP contribution in [0.4, 0.5) is 0 Å². The Labute approximate surface area is 217 Å². The lowest BCUT2D eigenvalue weighted by Gasteiger charge is -2.22. The Morgan fingerprint density at radius 3 is 2.41 bits per heavy atom. The number of rotatable bonds is 6. The Morgan fingerprint density at radius 1 is 0.811 bits per heavy atom. The molecule has 0 aliphatic heterocycles. The van der Waals surface area contributed by atoms with Gasteiger partial charge in [-0.3, -0.25) is 4.98 Å². The molecule has 0 amide bonds. The lowest BCUT2D eigenvalue weighted by molar-refractivity contribution is 0.555. The predicted molar refractivity (Wildman–Crippen MR) is 150 cm³/mol. The van der Waals surface area contributed by atoms with Gasteiger partial charge in [0.1, 0.15) is 17.4 Å². The molecule has 4 nitrogen and oxygen atoms in total. The minimum atomic E-state index is -0.444. The lowest BCUT2D eigenvalue weighted by atomic mass is 9.85. The van der Waals surface area contributed by atoms with Crippen molar-refractivity contribution in [1.82, 2.24) is 9.97 Å². The van der Waals surface area contributed by atoms with Crippen molar-refractivity contribution in [3.8, 4) is 22.7 Å². The number of fused-ring (bicyclic) bond motifs is 3. The summed E-state index contributed by atoms with van der Waals surface area (Å²) >= 11 is 0. The third-order valence-electron chi connectivity index (χ3n) is 7.53. The van der Waals surface area contributed by atoms with Crippen LogP contribution >= 0.6 is 0 Å². The molecule has 1 unspecified atom stereocenters. The highest BCUT2D eigenvalue weighted by Crippen LogP contribution is 2.41. The van der Waals surface area contributed by atoms with Crippen LogP contribution in [0.25, 0.3) is 44.7 Å². The molecule has 3 aromatic carbocycles. The summed E-state index contributed by atoms with van der Waals surface area (Å²) in [5.74, 6) is 0.980. The molecule has 0 fully saturated rings. The summed E-state index contributed by atoms with van der Waals surface area (Å²) in [5, 5.41) is 2.14. The first-order valence-electron chi connectivity index (χ1n) is 12.9. The molecule has 0 bridgehead atoms. The first kappa shape index (κ1) is 23.2. The first-order chi connectivity index (χ1) is 18.0. The van der Waals surface area contributed by atoms with Crippen molar-refractivity contribution in [3.63, 3.8) is 0 Å². The second-order valence-electron chi connectivity index (χ2n) is 10.3. The number of pyridine rings is 1. The van der Waals surface area contributed by atoms with Gasteiger partial charge in [0.2, 0.25) is 5.89 Å². The molecule has 184 valence electrons. The lowest BCUT2D eigenvalue weighted by Crippen LogP contribution is -2.21. The zero-order valence-corrected chi connectivity index (χ0v) is 21.7. The second-order valence-corrected chi connectivity index (χ2v) is 10.3. The van der Waals surface area contributed by atoms with Gasteiger partial charge in [-0.05, 0) is 56.0 Å². The minimum absolute atomic E-state index is 0.388. The molecular formula is C33H30N2O2. The van der Waals surface area contributed by atoms with E-state index in [4.69, 9.17) is 18.8 Å². The average Bonchev–Trinajstić information content (AvgIpc) is 3.59. The number of para-hydroxylation sites is 1. The molecule has 4 heteroatoms. The Bertz CT molecular complexity index is 1710. The fraction of sp³-hybridized carbons (Fsp3) is 0.212. The maximum atomic E-state index is 6.39. The summed E-state index contributed by atoms with van der Waals surface area (Å²) in [5.41, 5.74) is 7.34. The Morgan fingerprint density at radius 2 is 1.59 bits per heavy atom. The van der Waals surface area contributed by atoms with Crippen molar-refractivity contribution in [2.45, 2.75) is 45.4 Å². The van der Waals surface area contributed by atoms with Crippen LogP contribution in [0.15, 0.2) is 100 Å². The van der Waals surface area contributed by atoms with E-state index in [0.29, 0.717) is 11.8 Å². The molecule has 6 rings (SSSR count). The van der Waals surface area contributed by atoms with Gasteiger partial charge in [-0.2, -0.15) is 0 Å². The molecular weight excluding hydrogens is 456 g/mol. The van der Waals surface area contributed by atoms with Crippen LogP contribution in [0.2, 0.25) is 0 Å². The molecule has 0 saturated carbocycles. The highest BCUT2D eigenvalue weighted by atomic mass is 16.3. The fourth-order valence-corrected chi connectivity index (χ4v) is 5.00. The topological polar surface area (TPSA) is 52.1 Å². The van der Waals surface area contributed by atoms with Gasteiger partial charge in [-0.25, -0.2) is 4.98 Å². The Hall–Kier alpha value is -4.18. The van der Waals surface area contributed by atoms with Crippen molar-refractivity contribution in [1.29, 1.82) is 0 Å². The number of oxazole rings is 1. The molecule has 6 aromatic rings. The van der Waals surface area contributed by atoms with Gasteiger partial charge >= 0.3 is 0 Å². The summed E-state index contributed by atoms with van der Waals surface area (Å²) in [4.78, 5) is 10.0. The molecule has 0 saturated heterocycles. The second kappa shape index (κ2) is 9.04. The van der Waals surface area contributed by atoms with Crippen molar-refractivity contribution in [2.75, 3.05) is 0 Å². The zero-order valence-electron chi connectivity index (χ0n) is 21.7. The van der Waals surface area contributed by atoms with E-state index >= 15 is 0 Å². The molecule has 0 radical (unpaired) electrons. The van der Waals surface area contributed by atoms with E-state index in [1.165, 1.54) is 5.56 Å². The molecule has 0 aliphatic carbocycles. The summed E-state index contributed by atoms with van der Waals surface area (Å²) in [7, 11) is 0. The van der Waals surface area contributed by atoms with Gasteiger partial charge in [-0.15, -0.1) is 0 Å². The molecule has 3 aromatic heterocycles. The summed E-state index contributed by atoms with van der Waals surface area (Å²) < 4.78 is 12.5. The minimum Gasteiger partial charge on any atom is -0.456 e. The summed E-state index contributed by atoms with van der Waals surface area (Å²) in [6.07, 6.45) is 2.81. The number of nitrogens with zero attached hydrogens (tertiary/aromatic N) is 2. The normalized spacial score (nSPS) is 12.9. The van der Waals surface area contributed by atoms with Gasteiger partial charge in [-0.1, -0.05) is 74.5 Å². The SMILES string of the molecule is CCC(C)c1ccc(-c2nc(C(C)(C)c3cccc(-c4ccccc4)n3)co2)c2c1oc1ccccc12. The van der Waals surface area contributed by atoms with Crippen molar-refractivity contribution in [2.24, 2.45) is 0 Å². The van der Waals surface area contributed by atoms with E-state index in [1.54, 1.807) is 6.26 Å². The van der Waals surface area contributed by atoms with E-state index in [9.17, 15) is 0 Å².